The molecular weight excluding hydrogens is 350 g/mol. The van der Waals surface area contributed by atoms with Crippen molar-refractivity contribution in [1.29, 1.82) is 0 Å². The number of methoxy groups -OCH3 is 1. The monoisotopic (exact) mass is 369 g/mol. The summed E-state index contributed by atoms with van der Waals surface area (Å²) in [6, 6.07) is 16.0. The standard InChI is InChI=1S/C22H19N5O/c1-27-19-11-9-15-14(6-5-13-23-15)21(19)26-20(27)12-10-18-22(28-2)25-17-8-4-3-7-16(17)24-18/h3-9,11,13H,10,12H2,1-2H3. The van der Waals surface area contributed by atoms with Crippen LogP contribution in [-0.2, 0) is 19.9 Å². The van der Waals surface area contributed by atoms with Crippen LogP contribution in [0.2, 0.25) is 0 Å². The van der Waals surface area contributed by atoms with Gasteiger partial charge in [-0.3, -0.25) is 4.98 Å². The first-order chi connectivity index (χ1) is 13.7. The van der Waals surface area contributed by atoms with Crippen LogP contribution >= 0.6 is 0 Å². The summed E-state index contributed by atoms with van der Waals surface area (Å²) in [6.45, 7) is 0. The molecule has 0 saturated carbocycles. The van der Waals surface area contributed by atoms with E-state index < -0.39 is 0 Å². The SMILES string of the molecule is COc1nc2ccccc2nc1CCc1nc2c3cccnc3ccc2n1C. The average molecular weight is 369 g/mol. The highest BCUT2D eigenvalue weighted by atomic mass is 16.5. The van der Waals surface area contributed by atoms with Gasteiger partial charge in [0.1, 0.15) is 11.5 Å². The molecule has 0 aliphatic heterocycles. The number of fused-ring (bicyclic) bond motifs is 4. The predicted octanol–water partition coefficient (Wildman–Crippen LogP) is 3.86. The lowest BCUT2D eigenvalue weighted by Gasteiger charge is -2.08. The summed E-state index contributed by atoms with van der Waals surface area (Å²) in [5.41, 5.74) is 5.61. The molecule has 0 radical (unpaired) electrons. The van der Waals surface area contributed by atoms with Crippen LogP contribution in [0.25, 0.3) is 33.0 Å². The third kappa shape index (κ3) is 2.65. The largest absolute Gasteiger partial charge is 0.480 e. The van der Waals surface area contributed by atoms with Crippen LogP contribution in [0.15, 0.2) is 54.7 Å². The Bertz CT molecular complexity index is 1330. The molecule has 0 aliphatic carbocycles. The fourth-order valence-corrected chi connectivity index (χ4v) is 3.66. The zero-order chi connectivity index (χ0) is 19.1. The Balaban J connectivity index is 1.53. The minimum Gasteiger partial charge on any atom is -0.480 e. The minimum atomic E-state index is 0.576. The van der Waals surface area contributed by atoms with Gasteiger partial charge in [-0.05, 0) is 36.4 Å². The topological polar surface area (TPSA) is 65.7 Å². The van der Waals surface area contributed by atoms with Gasteiger partial charge in [0.25, 0.3) is 0 Å². The predicted molar refractivity (Wildman–Crippen MR) is 110 cm³/mol. The number of benzene rings is 2. The van der Waals surface area contributed by atoms with E-state index in [1.165, 1.54) is 0 Å². The number of aryl methyl sites for hydroxylation is 3. The van der Waals surface area contributed by atoms with Crippen molar-refractivity contribution >= 4 is 33.0 Å². The highest BCUT2D eigenvalue weighted by molar-refractivity contribution is 6.02. The van der Waals surface area contributed by atoms with Crippen molar-refractivity contribution in [3.63, 3.8) is 0 Å². The Labute approximate surface area is 161 Å². The van der Waals surface area contributed by atoms with E-state index in [4.69, 9.17) is 14.7 Å². The van der Waals surface area contributed by atoms with Crippen molar-refractivity contribution in [1.82, 2.24) is 24.5 Å². The zero-order valence-corrected chi connectivity index (χ0v) is 15.8. The summed E-state index contributed by atoms with van der Waals surface area (Å²) in [4.78, 5) is 18.7. The van der Waals surface area contributed by atoms with Crippen molar-refractivity contribution in [3.05, 3.63) is 66.2 Å². The van der Waals surface area contributed by atoms with E-state index in [2.05, 4.69) is 33.7 Å². The second-order valence-electron chi connectivity index (χ2n) is 6.76. The number of pyridine rings is 1. The fourth-order valence-electron chi connectivity index (χ4n) is 3.66. The molecule has 5 aromatic rings. The highest BCUT2D eigenvalue weighted by Crippen LogP contribution is 2.25. The van der Waals surface area contributed by atoms with Crippen molar-refractivity contribution in [3.8, 4) is 5.88 Å². The van der Waals surface area contributed by atoms with E-state index in [0.717, 1.165) is 50.9 Å². The zero-order valence-electron chi connectivity index (χ0n) is 15.8. The minimum absolute atomic E-state index is 0.576. The molecule has 28 heavy (non-hydrogen) atoms. The number of rotatable bonds is 4. The molecule has 0 bridgehead atoms. The lowest BCUT2D eigenvalue weighted by atomic mass is 10.2. The van der Waals surface area contributed by atoms with Crippen LogP contribution in [0.5, 0.6) is 5.88 Å². The fraction of sp³-hybridized carbons (Fsp3) is 0.182. The third-order valence-corrected chi connectivity index (χ3v) is 5.11. The molecule has 138 valence electrons. The molecule has 0 amide bonds. The first kappa shape index (κ1) is 16.6. The number of ether oxygens (including phenoxy) is 1. The maximum Gasteiger partial charge on any atom is 0.235 e. The molecule has 0 saturated heterocycles. The first-order valence-electron chi connectivity index (χ1n) is 9.23. The van der Waals surface area contributed by atoms with Gasteiger partial charge in [-0.2, -0.15) is 0 Å². The number of aromatic nitrogens is 5. The van der Waals surface area contributed by atoms with E-state index >= 15 is 0 Å². The second kappa shape index (κ2) is 6.56. The molecule has 0 fully saturated rings. The Morgan fingerprint density at radius 2 is 1.68 bits per heavy atom. The van der Waals surface area contributed by atoms with E-state index in [0.29, 0.717) is 12.3 Å². The van der Waals surface area contributed by atoms with E-state index in [-0.39, 0.29) is 0 Å². The van der Waals surface area contributed by atoms with E-state index in [9.17, 15) is 0 Å². The Hall–Kier alpha value is -3.54. The van der Waals surface area contributed by atoms with Gasteiger partial charge in [-0.1, -0.05) is 12.1 Å². The number of para-hydroxylation sites is 2. The summed E-state index contributed by atoms with van der Waals surface area (Å²) >= 11 is 0. The van der Waals surface area contributed by atoms with Gasteiger partial charge in [0.05, 0.1) is 34.7 Å². The highest BCUT2D eigenvalue weighted by Gasteiger charge is 2.14. The third-order valence-electron chi connectivity index (χ3n) is 5.11. The summed E-state index contributed by atoms with van der Waals surface area (Å²) < 4.78 is 7.62. The van der Waals surface area contributed by atoms with Crippen molar-refractivity contribution < 1.29 is 4.74 Å². The summed E-state index contributed by atoms with van der Waals surface area (Å²) in [5.74, 6) is 1.58. The van der Waals surface area contributed by atoms with Crippen LogP contribution < -0.4 is 4.74 Å². The molecule has 6 nitrogen and oxygen atoms in total. The molecule has 0 N–H and O–H groups in total. The lowest BCUT2D eigenvalue weighted by Crippen LogP contribution is -2.05. The molecule has 3 heterocycles. The Morgan fingerprint density at radius 3 is 2.50 bits per heavy atom. The molecular formula is C22H19N5O. The molecule has 0 atom stereocenters. The average Bonchev–Trinajstić information content (AvgIpc) is 3.07. The number of imidazole rings is 1. The van der Waals surface area contributed by atoms with Crippen molar-refractivity contribution in [2.24, 2.45) is 7.05 Å². The van der Waals surface area contributed by atoms with Crippen LogP contribution in [0, 0.1) is 0 Å². The summed E-state index contributed by atoms with van der Waals surface area (Å²) in [6.07, 6.45) is 3.26. The van der Waals surface area contributed by atoms with Crippen LogP contribution in [0.4, 0.5) is 0 Å². The number of nitrogens with zero attached hydrogens (tertiary/aromatic N) is 5. The van der Waals surface area contributed by atoms with Gasteiger partial charge in [0, 0.05) is 31.5 Å². The van der Waals surface area contributed by atoms with Crippen LogP contribution in [-0.4, -0.2) is 31.6 Å². The van der Waals surface area contributed by atoms with Gasteiger partial charge < -0.3 is 9.30 Å². The quantitative estimate of drug-likeness (QED) is 0.481. The molecule has 5 rings (SSSR count). The van der Waals surface area contributed by atoms with Crippen LogP contribution in [0.3, 0.4) is 0 Å². The lowest BCUT2D eigenvalue weighted by molar-refractivity contribution is 0.391. The Morgan fingerprint density at radius 1 is 0.857 bits per heavy atom. The second-order valence-corrected chi connectivity index (χ2v) is 6.76. The smallest absolute Gasteiger partial charge is 0.235 e. The van der Waals surface area contributed by atoms with Gasteiger partial charge in [-0.15, -0.1) is 0 Å². The van der Waals surface area contributed by atoms with Crippen molar-refractivity contribution in [2.45, 2.75) is 12.8 Å². The summed E-state index contributed by atoms with van der Waals surface area (Å²) in [7, 11) is 3.69. The molecule has 0 aliphatic rings. The van der Waals surface area contributed by atoms with Gasteiger partial charge >= 0.3 is 0 Å². The molecule has 2 aromatic carbocycles. The molecule has 0 spiro atoms. The maximum atomic E-state index is 5.48. The number of hydrogen-bond donors (Lipinski definition) is 0. The first-order valence-corrected chi connectivity index (χ1v) is 9.23. The summed E-state index contributed by atoms with van der Waals surface area (Å²) in [5, 5.41) is 1.07. The van der Waals surface area contributed by atoms with Gasteiger partial charge in [0.2, 0.25) is 5.88 Å². The molecule has 0 unspecified atom stereocenters. The number of hydrogen-bond acceptors (Lipinski definition) is 5. The molecule has 3 aromatic heterocycles. The van der Waals surface area contributed by atoms with Gasteiger partial charge in [0.15, 0.2) is 0 Å². The molecule has 6 heteroatoms. The van der Waals surface area contributed by atoms with E-state index in [1.807, 2.05) is 42.6 Å². The van der Waals surface area contributed by atoms with Crippen molar-refractivity contribution in [2.75, 3.05) is 7.11 Å². The van der Waals surface area contributed by atoms with Gasteiger partial charge in [-0.25, -0.2) is 15.0 Å². The normalized spacial score (nSPS) is 11.5. The Kier molecular flexibility index (Phi) is 3.90. The van der Waals surface area contributed by atoms with Crippen LogP contribution in [0.1, 0.15) is 11.5 Å². The maximum absolute atomic E-state index is 5.48. The van der Waals surface area contributed by atoms with E-state index in [1.54, 1.807) is 7.11 Å².